The molecule has 1 N–H and O–H groups in total. The maximum absolute atomic E-state index is 12.0. The molecule has 0 spiro atoms. The number of carbonyl (C=O) groups excluding carboxylic acids is 1. The van der Waals surface area contributed by atoms with Crippen LogP contribution in [0.25, 0.3) is 0 Å². The molecule has 0 aromatic rings. The van der Waals surface area contributed by atoms with Crippen molar-refractivity contribution in [2.45, 2.75) is 20.3 Å². The third kappa shape index (κ3) is 1.49. The molecule has 0 aromatic heterocycles. The van der Waals surface area contributed by atoms with Gasteiger partial charge >= 0.3 is 0 Å². The van der Waals surface area contributed by atoms with Crippen molar-refractivity contribution < 1.29 is 4.79 Å². The van der Waals surface area contributed by atoms with Crippen LogP contribution in [0.5, 0.6) is 0 Å². The van der Waals surface area contributed by atoms with Crippen LogP contribution in [0.2, 0.25) is 0 Å². The number of ketones is 1. The molecule has 2 aliphatic rings. The lowest BCUT2D eigenvalue weighted by molar-refractivity contribution is -0.128. The van der Waals surface area contributed by atoms with Crippen LogP contribution >= 0.6 is 0 Å². The molecular formula is C12H16N2O. The Kier molecular flexibility index (Phi) is 2.40. The van der Waals surface area contributed by atoms with Crippen molar-refractivity contribution in [1.29, 1.82) is 5.26 Å². The number of rotatable bonds is 0. The second kappa shape index (κ2) is 3.46. The van der Waals surface area contributed by atoms with Crippen molar-refractivity contribution in [2.24, 2.45) is 17.3 Å². The third-order valence-electron chi connectivity index (χ3n) is 3.79. The summed E-state index contributed by atoms with van der Waals surface area (Å²) >= 11 is 0. The van der Waals surface area contributed by atoms with Crippen LogP contribution in [0.15, 0.2) is 11.6 Å². The van der Waals surface area contributed by atoms with Crippen LogP contribution in [0.1, 0.15) is 20.3 Å². The van der Waals surface area contributed by atoms with Crippen molar-refractivity contribution in [2.75, 3.05) is 13.1 Å². The molecule has 1 saturated heterocycles. The quantitative estimate of drug-likeness (QED) is 0.646. The SMILES string of the molecule is CC1(C)C(=O)C(C#N)=CC2CNCCC21. The molecule has 1 aliphatic carbocycles. The van der Waals surface area contributed by atoms with Gasteiger partial charge in [-0.15, -0.1) is 0 Å². The molecule has 80 valence electrons. The fraction of sp³-hybridized carbons (Fsp3) is 0.667. The number of carbonyl (C=O) groups is 1. The van der Waals surface area contributed by atoms with Gasteiger partial charge in [-0.05, 0) is 24.8 Å². The highest BCUT2D eigenvalue weighted by atomic mass is 16.1. The molecule has 15 heavy (non-hydrogen) atoms. The van der Waals surface area contributed by atoms with Crippen LogP contribution in [0.3, 0.4) is 0 Å². The predicted molar refractivity (Wildman–Crippen MR) is 57.0 cm³/mol. The summed E-state index contributed by atoms with van der Waals surface area (Å²) in [4.78, 5) is 12.0. The Bertz CT molecular complexity index is 362. The number of allylic oxidation sites excluding steroid dienone is 1. The molecule has 0 saturated carbocycles. The lowest BCUT2D eigenvalue weighted by Crippen LogP contribution is -2.48. The van der Waals surface area contributed by atoms with Gasteiger partial charge in [0.2, 0.25) is 0 Å². The fourth-order valence-electron chi connectivity index (χ4n) is 2.85. The van der Waals surface area contributed by atoms with E-state index >= 15 is 0 Å². The minimum absolute atomic E-state index is 0.0214. The zero-order valence-electron chi connectivity index (χ0n) is 9.21. The van der Waals surface area contributed by atoms with Gasteiger partial charge in [-0.1, -0.05) is 19.9 Å². The molecule has 3 heteroatoms. The van der Waals surface area contributed by atoms with Gasteiger partial charge in [0.1, 0.15) is 6.07 Å². The lowest BCUT2D eigenvalue weighted by Gasteiger charge is -2.43. The fourth-order valence-corrected chi connectivity index (χ4v) is 2.85. The summed E-state index contributed by atoms with van der Waals surface area (Å²) in [5.74, 6) is 0.762. The molecule has 2 rings (SSSR count). The smallest absolute Gasteiger partial charge is 0.178 e. The van der Waals surface area contributed by atoms with E-state index in [4.69, 9.17) is 5.26 Å². The largest absolute Gasteiger partial charge is 0.316 e. The normalized spacial score (nSPS) is 33.9. The number of piperidine rings is 1. The standard InChI is InChI=1S/C12H16N2O/c1-12(2)10-3-4-14-7-9(10)5-8(6-13)11(12)15/h5,9-10,14H,3-4,7H2,1-2H3. The van der Waals surface area contributed by atoms with E-state index in [1.807, 2.05) is 26.0 Å². The maximum Gasteiger partial charge on any atom is 0.178 e. The Labute approximate surface area is 90.2 Å². The Hall–Kier alpha value is -1.14. The van der Waals surface area contributed by atoms with E-state index in [-0.39, 0.29) is 11.2 Å². The molecule has 0 bridgehead atoms. The molecule has 1 heterocycles. The highest BCUT2D eigenvalue weighted by Gasteiger charge is 2.46. The molecule has 1 fully saturated rings. The second-order valence-electron chi connectivity index (χ2n) is 5.01. The van der Waals surface area contributed by atoms with Crippen LogP contribution in [-0.2, 0) is 4.79 Å². The summed E-state index contributed by atoms with van der Waals surface area (Å²) in [7, 11) is 0. The summed E-state index contributed by atoms with van der Waals surface area (Å²) in [5, 5.41) is 12.2. The topological polar surface area (TPSA) is 52.9 Å². The molecule has 2 unspecified atom stereocenters. The van der Waals surface area contributed by atoms with Gasteiger partial charge < -0.3 is 5.32 Å². The van der Waals surface area contributed by atoms with E-state index in [2.05, 4.69) is 5.32 Å². The van der Waals surface area contributed by atoms with Crippen molar-refractivity contribution in [3.05, 3.63) is 11.6 Å². The van der Waals surface area contributed by atoms with Gasteiger partial charge in [0.15, 0.2) is 5.78 Å². The van der Waals surface area contributed by atoms with Crippen LogP contribution < -0.4 is 5.32 Å². The number of nitrogens with zero attached hydrogens (tertiary/aromatic N) is 1. The first-order valence-electron chi connectivity index (χ1n) is 5.45. The zero-order chi connectivity index (χ0) is 11.1. The number of nitriles is 1. The van der Waals surface area contributed by atoms with Gasteiger partial charge in [-0.3, -0.25) is 4.79 Å². The highest BCUT2D eigenvalue weighted by molar-refractivity contribution is 6.03. The molecule has 2 atom stereocenters. The number of nitrogens with one attached hydrogen (secondary N) is 1. The predicted octanol–water partition coefficient (Wildman–Crippen LogP) is 1.27. The summed E-state index contributed by atoms with van der Waals surface area (Å²) in [6.07, 6.45) is 2.89. The molecule has 3 nitrogen and oxygen atoms in total. The summed E-state index contributed by atoms with van der Waals surface area (Å²) in [5.41, 5.74) is -0.0167. The number of hydrogen-bond donors (Lipinski definition) is 1. The molecule has 0 aromatic carbocycles. The van der Waals surface area contributed by atoms with Gasteiger partial charge in [-0.25, -0.2) is 0 Å². The third-order valence-corrected chi connectivity index (χ3v) is 3.79. The van der Waals surface area contributed by atoms with Crippen molar-refractivity contribution in [3.8, 4) is 6.07 Å². The first kappa shape index (κ1) is 10.4. The van der Waals surface area contributed by atoms with Crippen molar-refractivity contribution >= 4 is 5.78 Å². The Morgan fingerprint density at radius 3 is 3.00 bits per heavy atom. The van der Waals surface area contributed by atoms with Gasteiger partial charge in [0.05, 0.1) is 5.57 Å². The van der Waals surface area contributed by atoms with Crippen molar-refractivity contribution in [1.82, 2.24) is 5.32 Å². The van der Waals surface area contributed by atoms with E-state index in [9.17, 15) is 4.79 Å². The minimum atomic E-state index is -0.368. The highest BCUT2D eigenvalue weighted by Crippen LogP contribution is 2.43. The van der Waals surface area contributed by atoms with E-state index < -0.39 is 0 Å². The van der Waals surface area contributed by atoms with Crippen LogP contribution in [0.4, 0.5) is 0 Å². The van der Waals surface area contributed by atoms with Gasteiger partial charge in [0.25, 0.3) is 0 Å². The van der Waals surface area contributed by atoms with E-state index in [1.165, 1.54) is 0 Å². The van der Waals surface area contributed by atoms with Gasteiger partial charge in [0, 0.05) is 12.0 Å². The Morgan fingerprint density at radius 1 is 1.60 bits per heavy atom. The summed E-state index contributed by atoms with van der Waals surface area (Å²) < 4.78 is 0. The van der Waals surface area contributed by atoms with Gasteiger partial charge in [-0.2, -0.15) is 5.26 Å². The van der Waals surface area contributed by atoms with E-state index in [1.54, 1.807) is 0 Å². The van der Waals surface area contributed by atoms with Crippen molar-refractivity contribution in [3.63, 3.8) is 0 Å². The monoisotopic (exact) mass is 204 g/mol. The average Bonchev–Trinajstić information content (AvgIpc) is 2.24. The second-order valence-corrected chi connectivity index (χ2v) is 5.01. The first-order valence-corrected chi connectivity index (χ1v) is 5.45. The zero-order valence-corrected chi connectivity index (χ0v) is 9.21. The van der Waals surface area contributed by atoms with Crippen LogP contribution in [0, 0.1) is 28.6 Å². The average molecular weight is 204 g/mol. The lowest BCUT2D eigenvalue weighted by atomic mass is 9.61. The molecule has 0 radical (unpaired) electrons. The number of Topliss-reactive ketones (excluding diaryl/α,β-unsaturated/α-hetero) is 1. The Balaban J connectivity index is 2.41. The molecular weight excluding hydrogens is 188 g/mol. The first-order chi connectivity index (χ1) is 7.07. The minimum Gasteiger partial charge on any atom is -0.316 e. The van der Waals surface area contributed by atoms with E-state index in [0.717, 1.165) is 19.5 Å². The number of hydrogen-bond acceptors (Lipinski definition) is 3. The van der Waals surface area contributed by atoms with Crippen LogP contribution in [-0.4, -0.2) is 18.9 Å². The maximum atomic E-state index is 12.0. The van der Waals surface area contributed by atoms with E-state index in [0.29, 0.717) is 17.4 Å². The molecule has 0 amide bonds. The summed E-state index contributed by atoms with van der Waals surface area (Å²) in [6, 6.07) is 2.03. The Morgan fingerprint density at radius 2 is 2.33 bits per heavy atom. The number of fused-ring (bicyclic) bond motifs is 1. The molecule has 1 aliphatic heterocycles. The summed E-state index contributed by atoms with van der Waals surface area (Å²) in [6.45, 7) is 5.82.